The Morgan fingerprint density at radius 3 is 2.21 bits per heavy atom. The Morgan fingerprint density at radius 1 is 0.895 bits per heavy atom. The fourth-order valence-electron chi connectivity index (χ4n) is 1.71. The molecule has 0 aliphatic rings. The molecular weight excluding hydrogens is 238 g/mol. The molecule has 1 N–H and O–H groups in total. The molecule has 2 aromatic rings. The van der Waals surface area contributed by atoms with E-state index in [9.17, 15) is 0 Å². The fourth-order valence-corrected chi connectivity index (χ4v) is 1.71. The second kappa shape index (κ2) is 6.14. The van der Waals surface area contributed by atoms with Crippen LogP contribution in [-0.2, 0) is 0 Å². The summed E-state index contributed by atoms with van der Waals surface area (Å²) in [6, 6.07) is 15.5. The molecule has 100 valence electrons. The highest BCUT2D eigenvalue weighted by Gasteiger charge is 2.01. The summed E-state index contributed by atoms with van der Waals surface area (Å²) >= 11 is 0. The molecule has 0 unspecified atom stereocenters. The maximum atomic E-state index is 5.79. The topological polar surface area (TPSA) is 30.5 Å². The first-order valence-corrected chi connectivity index (χ1v) is 6.40. The van der Waals surface area contributed by atoms with Crippen molar-refractivity contribution in [2.45, 2.75) is 20.0 Å². The molecule has 2 rings (SSSR count). The van der Waals surface area contributed by atoms with Gasteiger partial charge in [0, 0.05) is 18.8 Å². The van der Waals surface area contributed by atoms with Crippen molar-refractivity contribution in [2.75, 3.05) is 12.4 Å². The zero-order chi connectivity index (χ0) is 13.7. The summed E-state index contributed by atoms with van der Waals surface area (Å²) in [5, 5.41) is 3.07. The summed E-state index contributed by atoms with van der Waals surface area (Å²) in [5.74, 6) is 2.40. The Labute approximate surface area is 114 Å². The Hall–Kier alpha value is -2.16. The number of hydrogen-bond acceptors (Lipinski definition) is 3. The molecule has 0 saturated heterocycles. The van der Waals surface area contributed by atoms with Crippen molar-refractivity contribution in [2.24, 2.45) is 0 Å². The fraction of sp³-hybridized carbons (Fsp3) is 0.250. The van der Waals surface area contributed by atoms with Gasteiger partial charge in [-0.05, 0) is 50.2 Å². The first-order valence-electron chi connectivity index (χ1n) is 6.40. The molecule has 3 heteroatoms. The summed E-state index contributed by atoms with van der Waals surface area (Å²) < 4.78 is 11.4. The summed E-state index contributed by atoms with van der Waals surface area (Å²) in [6.07, 6.45) is 0.158. The molecule has 0 fully saturated rings. The van der Waals surface area contributed by atoms with Gasteiger partial charge in [-0.1, -0.05) is 6.07 Å². The van der Waals surface area contributed by atoms with Crippen LogP contribution in [0, 0.1) is 0 Å². The van der Waals surface area contributed by atoms with Gasteiger partial charge in [-0.2, -0.15) is 0 Å². The van der Waals surface area contributed by atoms with Gasteiger partial charge in [0.05, 0.1) is 6.10 Å². The lowest BCUT2D eigenvalue weighted by atomic mass is 10.3. The van der Waals surface area contributed by atoms with Crippen molar-refractivity contribution in [3.05, 3.63) is 48.5 Å². The summed E-state index contributed by atoms with van der Waals surface area (Å²) in [4.78, 5) is 0. The van der Waals surface area contributed by atoms with Gasteiger partial charge in [-0.25, -0.2) is 0 Å². The van der Waals surface area contributed by atoms with Gasteiger partial charge < -0.3 is 14.8 Å². The third-order valence-electron chi connectivity index (χ3n) is 2.56. The highest BCUT2D eigenvalue weighted by atomic mass is 16.5. The van der Waals surface area contributed by atoms with Crippen LogP contribution in [0.3, 0.4) is 0 Å². The van der Waals surface area contributed by atoms with Crippen molar-refractivity contribution in [3.8, 4) is 17.2 Å². The van der Waals surface area contributed by atoms with E-state index in [1.165, 1.54) is 0 Å². The van der Waals surface area contributed by atoms with Gasteiger partial charge in [0.25, 0.3) is 0 Å². The lowest BCUT2D eigenvalue weighted by Crippen LogP contribution is -2.05. The average molecular weight is 257 g/mol. The Kier molecular flexibility index (Phi) is 4.29. The Morgan fingerprint density at radius 2 is 1.58 bits per heavy atom. The van der Waals surface area contributed by atoms with Crippen LogP contribution < -0.4 is 14.8 Å². The summed E-state index contributed by atoms with van der Waals surface area (Å²) in [6.45, 7) is 4.01. The average Bonchev–Trinajstić information content (AvgIpc) is 2.39. The Bertz CT molecular complexity index is 521. The maximum Gasteiger partial charge on any atom is 0.131 e. The van der Waals surface area contributed by atoms with Crippen LogP contribution in [0.2, 0.25) is 0 Å². The highest BCUT2D eigenvalue weighted by Crippen LogP contribution is 2.26. The van der Waals surface area contributed by atoms with Gasteiger partial charge in [0.2, 0.25) is 0 Å². The lowest BCUT2D eigenvalue weighted by Gasteiger charge is -2.11. The smallest absolute Gasteiger partial charge is 0.131 e. The van der Waals surface area contributed by atoms with Crippen LogP contribution in [0.4, 0.5) is 5.69 Å². The van der Waals surface area contributed by atoms with Crippen LogP contribution in [0.25, 0.3) is 0 Å². The van der Waals surface area contributed by atoms with E-state index in [-0.39, 0.29) is 6.10 Å². The normalized spacial score (nSPS) is 10.3. The van der Waals surface area contributed by atoms with Gasteiger partial charge in [0.15, 0.2) is 0 Å². The predicted molar refractivity (Wildman–Crippen MR) is 78.3 cm³/mol. The van der Waals surface area contributed by atoms with Crippen molar-refractivity contribution in [3.63, 3.8) is 0 Å². The minimum atomic E-state index is 0.158. The monoisotopic (exact) mass is 257 g/mol. The number of hydrogen-bond donors (Lipinski definition) is 1. The molecule has 0 radical (unpaired) electrons. The van der Waals surface area contributed by atoms with E-state index >= 15 is 0 Å². The second-order valence-corrected chi connectivity index (χ2v) is 4.52. The van der Waals surface area contributed by atoms with Gasteiger partial charge in [-0.3, -0.25) is 0 Å². The molecule has 0 spiro atoms. The number of nitrogens with one attached hydrogen (secondary N) is 1. The molecule has 0 aliphatic heterocycles. The largest absolute Gasteiger partial charge is 0.491 e. The molecular formula is C16H19NO2. The third kappa shape index (κ3) is 3.91. The zero-order valence-corrected chi connectivity index (χ0v) is 11.5. The van der Waals surface area contributed by atoms with E-state index in [1.807, 2.05) is 69.4 Å². The molecule has 0 amide bonds. The van der Waals surface area contributed by atoms with Crippen LogP contribution in [0.15, 0.2) is 48.5 Å². The van der Waals surface area contributed by atoms with Crippen LogP contribution >= 0.6 is 0 Å². The lowest BCUT2D eigenvalue weighted by molar-refractivity contribution is 0.241. The molecule has 3 nitrogen and oxygen atoms in total. The first-order chi connectivity index (χ1) is 9.17. The molecule has 0 aliphatic carbocycles. The summed E-state index contributed by atoms with van der Waals surface area (Å²) in [5.41, 5.74) is 1.06. The molecule has 0 saturated carbocycles. The van der Waals surface area contributed by atoms with Crippen molar-refractivity contribution >= 4 is 5.69 Å². The Balaban J connectivity index is 2.09. The van der Waals surface area contributed by atoms with Crippen LogP contribution in [0.1, 0.15) is 13.8 Å². The standard InChI is InChI=1S/C16H19NO2/c1-12(2)18-15-5-4-6-16(11-15)19-14-9-7-13(17-3)8-10-14/h4-12,17H,1-3H3. The molecule has 0 bridgehead atoms. The second-order valence-electron chi connectivity index (χ2n) is 4.52. The maximum absolute atomic E-state index is 5.79. The highest BCUT2D eigenvalue weighted by molar-refractivity contribution is 5.47. The minimum absolute atomic E-state index is 0.158. The number of anilines is 1. The molecule has 0 atom stereocenters. The van der Waals surface area contributed by atoms with Crippen molar-refractivity contribution in [1.29, 1.82) is 0 Å². The van der Waals surface area contributed by atoms with Gasteiger partial charge >= 0.3 is 0 Å². The quantitative estimate of drug-likeness (QED) is 0.865. The van der Waals surface area contributed by atoms with Crippen molar-refractivity contribution < 1.29 is 9.47 Å². The zero-order valence-electron chi connectivity index (χ0n) is 11.5. The number of ether oxygens (including phenoxy) is 2. The molecule has 2 aromatic carbocycles. The van der Waals surface area contributed by atoms with E-state index in [4.69, 9.17) is 9.47 Å². The third-order valence-corrected chi connectivity index (χ3v) is 2.56. The van der Waals surface area contributed by atoms with E-state index < -0.39 is 0 Å². The van der Waals surface area contributed by atoms with E-state index in [2.05, 4.69) is 5.32 Å². The number of benzene rings is 2. The van der Waals surface area contributed by atoms with Crippen molar-refractivity contribution in [1.82, 2.24) is 0 Å². The first kappa shape index (κ1) is 13.3. The SMILES string of the molecule is CNc1ccc(Oc2cccc(OC(C)C)c2)cc1. The molecule has 0 heterocycles. The number of rotatable bonds is 5. The van der Waals surface area contributed by atoms with Gasteiger partial charge in [-0.15, -0.1) is 0 Å². The van der Waals surface area contributed by atoms with E-state index in [0.29, 0.717) is 0 Å². The molecule has 0 aromatic heterocycles. The summed E-state index contributed by atoms with van der Waals surface area (Å²) in [7, 11) is 1.89. The van der Waals surface area contributed by atoms with E-state index in [0.717, 1.165) is 22.9 Å². The van der Waals surface area contributed by atoms with Gasteiger partial charge in [0.1, 0.15) is 17.2 Å². The minimum Gasteiger partial charge on any atom is -0.491 e. The van der Waals surface area contributed by atoms with E-state index in [1.54, 1.807) is 0 Å². The van der Waals surface area contributed by atoms with Crippen LogP contribution in [0.5, 0.6) is 17.2 Å². The molecule has 19 heavy (non-hydrogen) atoms. The predicted octanol–water partition coefficient (Wildman–Crippen LogP) is 4.31. The van der Waals surface area contributed by atoms with Crippen LogP contribution in [-0.4, -0.2) is 13.2 Å².